The first-order valence-electron chi connectivity index (χ1n) is 5.59. The van der Waals surface area contributed by atoms with Crippen molar-refractivity contribution in [3.8, 4) is 0 Å². The molecule has 18 heavy (non-hydrogen) atoms. The van der Waals surface area contributed by atoms with E-state index >= 15 is 0 Å². The molecule has 0 aliphatic carbocycles. The van der Waals surface area contributed by atoms with Crippen LogP contribution >= 0.6 is 23.2 Å². The number of hydrogen-bond acceptors (Lipinski definition) is 2. The second-order valence-corrected chi connectivity index (χ2v) is 5.59. The first kappa shape index (κ1) is 15.3. The van der Waals surface area contributed by atoms with E-state index in [1.807, 2.05) is 0 Å². The van der Waals surface area contributed by atoms with E-state index in [9.17, 15) is 15.0 Å². The molecule has 0 fully saturated rings. The lowest BCUT2D eigenvalue weighted by atomic mass is 9.76. The van der Waals surface area contributed by atoms with Crippen molar-refractivity contribution in [2.45, 2.75) is 26.4 Å². The summed E-state index contributed by atoms with van der Waals surface area (Å²) in [7, 11) is 0. The van der Waals surface area contributed by atoms with Crippen LogP contribution in [0.1, 0.15) is 26.3 Å². The Hall–Kier alpha value is -0.770. The largest absolute Gasteiger partial charge is 0.481 e. The molecule has 1 aromatic rings. The molecule has 2 atom stereocenters. The number of hydrogen-bond donors (Lipinski definition) is 2. The summed E-state index contributed by atoms with van der Waals surface area (Å²) < 4.78 is 0. The number of carboxylic acid groups (broad SMARTS) is 1. The number of rotatable bonds is 4. The summed E-state index contributed by atoms with van der Waals surface area (Å²) in [4.78, 5) is 11.3. The molecule has 0 spiro atoms. The molecule has 0 bridgehead atoms. The highest BCUT2D eigenvalue weighted by Crippen LogP contribution is 2.40. The van der Waals surface area contributed by atoms with Crippen LogP contribution in [-0.4, -0.2) is 16.2 Å². The lowest BCUT2D eigenvalue weighted by Crippen LogP contribution is -2.40. The molecule has 0 aliphatic heterocycles. The Morgan fingerprint density at radius 2 is 1.89 bits per heavy atom. The van der Waals surface area contributed by atoms with Gasteiger partial charge in [-0.3, -0.25) is 4.79 Å². The first-order valence-corrected chi connectivity index (χ1v) is 6.34. The minimum atomic E-state index is -1.58. The van der Waals surface area contributed by atoms with Crippen molar-refractivity contribution in [1.29, 1.82) is 0 Å². The van der Waals surface area contributed by atoms with Crippen LogP contribution in [-0.2, 0) is 10.4 Å². The van der Waals surface area contributed by atoms with Gasteiger partial charge in [-0.05, 0) is 18.9 Å². The van der Waals surface area contributed by atoms with Crippen LogP contribution in [0.5, 0.6) is 0 Å². The number of carboxylic acids is 1. The molecule has 100 valence electrons. The van der Waals surface area contributed by atoms with Crippen LogP contribution in [0.25, 0.3) is 0 Å². The molecule has 0 heterocycles. The lowest BCUT2D eigenvalue weighted by molar-refractivity contribution is -0.155. The summed E-state index contributed by atoms with van der Waals surface area (Å²) in [6, 6.07) is 4.82. The van der Waals surface area contributed by atoms with Gasteiger partial charge in [0.1, 0.15) is 5.60 Å². The van der Waals surface area contributed by atoms with Crippen LogP contribution < -0.4 is 0 Å². The molecule has 0 aromatic heterocycles. The summed E-state index contributed by atoms with van der Waals surface area (Å²) in [5.74, 6) is -2.27. The van der Waals surface area contributed by atoms with Crippen molar-refractivity contribution in [2.24, 2.45) is 11.8 Å². The molecular formula is C13H16Cl2O3. The fourth-order valence-electron chi connectivity index (χ4n) is 2.24. The van der Waals surface area contributed by atoms with Gasteiger partial charge < -0.3 is 10.2 Å². The highest BCUT2D eigenvalue weighted by Gasteiger charge is 2.42. The Morgan fingerprint density at radius 3 is 2.33 bits per heavy atom. The molecule has 1 rings (SSSR count). The Bertz CT molecular complexity index is 456. The van der Waals surface area contributed by atoms with Crippen LogP contribution in [0.3, 0.4) is 0 Å². The van der Waals surface area contributed by atoms with E-state index in [-0.39, 0.29) is 10.9 Å². The van der Waals surface area contributed by atoms with Crippen LogP contribution in [0.15, 0.2) is 18.2 Å². The van der Waals surface area contributed by atoms with Gasteiger partial charge in [-0.25, -0.2) is 0 Å². The van der Waals surface area contributed by atoms with Gasteiger partial charge in [-0.1, -0.05) is 49.2 Å². The smallest absolute Gasteiger partial charge is 0.310 e. The Balaban J connectivity index is 3.35. The number of benzene rings is 1. The zero-order chi connectivity index (χ0) is 14.1. The molecule has 0 radical (unpaired) electrons. The van der Waals surface area contributed by atoms with Gasteiger partial charge in [0, 0.05) is 5.56 Å². The number of aliphatic carboxylic acids is 1. The standard InChI is InChI=1S/C13H16Cl2O3/c1-7(2)10(12(16)17)13(3,18)8-5-4-6-9(14)11(8)15/h4-7,10,18H,1-3H3,(H,16,17). The normalized spacial score (nSPS) is 16.4. The predicted octanol–water partition coefficient (Wildman–Crippen LogP) is 3.56. The average molecular weight is 291 g/mol. The summed E-state index contributed by atoms with van der Waals surface area (Å²) in [5, 5.41) is 20.3. The van der Waals surface area contributed by atoms with Crippen molar-refractivity contribution in [2.75, 3.05) is 0 Å². The molecule has 0 saturated heterocycles. The second-order valence-electron chi connectivity index (χ2n) is 4.81. The van der Waals surface area contributed by atoms with E-state index in [1.165, 1.54) is 6.92 Å². The lowest BCUT2D eigenvalue weighted by Gasteiger charge is -2.33. The monoisotopic (exact) mass is 290 g/mol. The van der Waals surface area contributed by atoms with Gasteiger partial charge in [0.15, 0.2) is 0 Å². The molecule has 2 N–H and O–H groups in total. The summed E-state index contributed by atoms with van der Waals surface area (Å²) in [5.41, 5.74) is -1.25. The van der Waals surface area contributed by atoms with E-state index in [0.717, 1.165) is 0 Å². The van der Waals surface area contributed by atoms with E-state index in [4.69, 9.17) is 23.2 Å². The van der Waals surface area contributed by atoms with Crippen LogP contribution in [0, 0.1) is 11.8 Å². The fourth-order valence-corrected chi connectivity index (χ4v) is 2.73. The van der Waals surface area contributed by atoms with Crippen LogP contribution in [0.2, 0.25) is 10.0 Å². The molecule has 1 aromatic carbocycles. The van der Waals surface area contributed by atoms with Gasteiger partial charge in [-0.15, -0.1) is 0 Å². The van der Waals surface area contributed by atoms with E-state index in [0.29, 0.717) is 10.6 Å². The molecule has 3 nitrogen and oxygen atoms in total. The van der Waals surface area contributed by atoms with E-state index in [2.05, 4.69) is 0 Å². The van der Waals surface area contributed by atoms with Gasteiger partial charge in [0.05, 0.1) is 16.0 Å². The molecule has 2 unspecified atom stereocenters. The van der Waals surface area contributed by atoms with Crippen molar-refractivity contribution >= 4 is 29.2 Å². The third-order valence-corrected chi connectivity index (χ3v) is 3.85. The molecule has 0 saturated carbocycles. The summed E-state index contributed by atoms with van der Waals surface area (Å²) in [6.45, 7) is 4.93. The fraction of sp³-hybridized carbons (Fsp3) is 0.462. The quantitative estimate of drug-likeness (QED) is 0.891. The van der Waals surface area contributed by atoms with Gasteiger partial charge in [0.2, 0.25) is 0 Å². The van der Waals surface area contributed by atoms with Crippen molar-refractivity contribution in [1.82, 2.24) is 0 Å². The van der Waals surface area contributed by atoms with Crippen molar-refractivity contribution in [3.05, 3.63) is 33.8 Å². The third kappa shape index (κ3) is 2.79. The maximum atomic E-state index is 11.3. The maximum absolute atomic E-state index is 11.3. The highest BCUT2D eigenvalue weighted by atomic mass is 35.5. The topological polar surface area (TPSA) is 57.5 Å². The average Bonchev–Trinajstić information content (AvgIpc) is 2.19. The van der Waals surface area contributed by atoms with Crippen molar-refractivity contribution < 1.29 is 15.0 Å². The van der Waals surface area contributed by atoms with Gasteiger partial charge >= 0.3 is 5.97 Å². The van der Waals surface area contributed by atoms with Gasteiger partial charge in [-0.2, -0.15) is 0 Å². The minimum absolute atomic E-state index is 0.191. The Labute approximate surface area is 116 Å². The second kappa shape index (κ2) is 5.47. The highest BCUT2D eigenvalue weighted by molar-refractivity contribution is 6.42. The molecule has 0 amide bonds. The summed E-state index contributed by atoms with van der Waals surface area (Å²) in [6.07, 6.45) is 0. The first-order chi connectivity index (χ1) is 8.19. The number of aliphatic hydroxyl groups is 1. The van der Waals surface area contributed by atoms with Gasteiger partial charge in [0.25, 0.3) is 0 Å². The van der Waals surface area contributed by atoms with E-state index in [1.54, 1.807) is 32.0 Å². The summed E-state index contributed by atoms with van der Waals surface area (Å²) >= 11 is 11.9. The van der Waals surface area contributed by atoms with Crippen LogP contribution in [0.4, 0.5) is 0 Å². The minimum Gasteiger partial charge on any atom is -0.481 e. The van der Waals surface area contributed by atoms with E-state index < -0.39 is 17.5 Å². The number of carbonyl (C=O) groups is 1. The Kier molecular flexibility index (Phi) is 4.65. The predicted molar refractivity (Wildman–Crippen MR) is 72.0 cm³/mol. The SMILES string of the molecule is CC(C)C(C(=O)O)C(C)(O)c1cccc(Cl)c1Cl. The molecule has 0 aliphatic rings. The Morgan fingerprint density at radius 1 is 1.33 bits per heavy atom. The molecule has 5 heteroatoms. The zero-order valence-corrected chi connectivity index (χ0v) is 12.0. The maximum Gasteiger partial charge on any atom is 0.310 e. The molecular weight excluding hydrogens is 275 g/mol. The third-order valence-electron chi connectivity index (χ3n) is 3.04. The van der Waals surface area contributed by atoms with Crippen molar-refractivity contribution in [3.63, 3.8) is 0 Å². The zero-order valence-electron chi connectivity index (χ0n) is 10.4. The number of halogens is 2.